The standard InChI is InChI=1S/C13H26N2O6S/c1-10(11(2)13(17)18)12(16)14-6-8-15(3,4)7-5-9-22(19,20)21/h10-11H,5-9H2,1-4H3,(H2-,14,16,17,18,19,20,21)/p+1. The molecule has 0 spiro atoms. The Kier molecular flexibility index (Phi) is 7.99. The maximum absolute atomic E-state index is 11.8. The van der Waals surface area contributed by atoms with Crippen molar-refractivity contribution < 1.29 is 32.1 Å². The third-order valence-corrected chi connectivity index (χ3v) is 4.54. The quantitative estimate of drug-likeness (QED) is 0.375. The molecule has 2 atom stereocenters. The first-order chi connectivity index (χ1) is 9.86. The lowest BCUT2D eigenvalue weighted by Crippen LogP contribution is -2.47. The summed E-state index contributed by atoms with van der Waals surface area (Å²) in [5.41, 5.74) is 0. The van der Waals surface area contributed by atoms with E-state index in [-0.39, 0.29) is 11.7 Å². The van der Waals surface area contributed by atoms with E-state index in [9.17, 15) is 18.0 Å². The minimum absolute atomic E-state index is 0.284. The normalized spacial score (nSPS) is 15.1. The van der Waals surface area contributed by atoms with E-state index in [2.05, 4.69) is 5.32 Å². The van der Waals surface area contributed by atoms with Gasteiger partial charge in [0.25, 0.3) is 10.1 Å². The fourth-order valence-corrected chi connectivity index (χ4v) is 2.36. The molecule has 0 rings (SSSR count). The Labute approximate surface area is 131 Å². The summed E-state index contributed by atoms with van der Waals surface area (Å²) in [5, 5.41) is 11.6. The zero-order valence-electron chi connectivity index (χ0n) is 13.6. The Bertz CT molecular complexity index is 489. The molecular weight excluding hydrogens is 312 g/mol. The van der Waals surface area contributed by atoms with E-state index in [4.69, 9.17) is 9.66 Å². The SMILES string of the molecule is CC(C(=O)O)C(C)C(=O)NCC[N+](C)(C)CCCS(=O)(=O)O. The largest absolute Gasteiger partial charge is 0.481 e. The second kappa shape index (κ2) is 8.44. The topological polar surface area (TPSA) is 121 Å². The number of aliphatic carboxylic acids is 1. The Morgan fingerprint density at radius 3 is 2.14 bits per heavy atom. The van der Waals surface area contributed by atoms with Gasteiger partial charge in [0, 0.05) is 12.3 Å². The average molecular weight is 339 g/mol. The second-order valence-electron chi connectivity index (χ2n) is 6.23. The molecule has 130 valence electrons. The number of hydrogen-bond donors (Lipinski definition) is 3. The Balaban J connectivity index is 4.16. The van der Waals surface area contributed by atoms with Gasteiger partial charge < -0.3 is 14.9 Å². The summed E-state index contributed by atoms with van der Waals surface area (Å²) < 4.78 is 30.5. The van der Waals surface area contributed by atoms with Crippen LogP contribution in [0.1, 0.15) is 20.3 Å². The first-order valence-electron chi connectivity index (χ1n) is 7.13. The molecule has 0 bridgehead atoms. The van der Waals surface area contributed by atoms with E-state index in [0.29, 0.717) is 30.5 Å². The van der Waals surface area contributed by atoms with Crippen molar-refractivity contribution >= 4 is 22.0 Å². The number of carboxylic acids is 1. The molecule has 0 fully saturated rings. The molecule has 0 heterocycles. The molecule has 22 heavy (non-hydrogen) atoms. The summed E-state index contributed by atoms with van der Waals surface area (Å²) in [4.78, 5) is 22.7. The van der Waals surface area contributed by atoms with Crippen LogP contribution in [0.4, 0.5) is 0 Å². The lowest BCUT2D eigenvalue weighted by molar-refractivity contribution is -0.889. The van der Waals surface area contributed by atoms with Gasteiger partial charge in [0.15, 0.2) is 0 Å². The monoisotopic (exact) mass is 339 g/mol. The van der Waals surface area contributed by atoms with Crippen LogP contribution in [0.15, 0.2) is 0 Å². The van der Waals surface area contributed by atoms with Gasteiger partial charge >= 0.3 is 5.97 Å². The second-order valence-corrected chi connectivity index (χ2v) is 7.80. The van der Waals surface area contributed by atoms with Crippen molar-refractivity contribution in [1.82, 2.24) is 5.32 Å². The van der Waals surface area contributed by atoms with Crippen molar-refractivity contribution in [2.24, 2.45) is 11.8 Å². The van der Waals surface area contributed by atoms with Gasteiger partial charge in [-0.15, -0.1) is 0 Å². The number of nitrogens with zero attached hydrogens (tertiary/aromatic N) is 1. The van der Waals surface area contributed by atoms with Gasteiger partial charge in [0.05, 0.1) is 45.4 Å². The summed E-state index contributed by atoms with van der Waals surface area (Å²) in [6.07, 6.45) is 0.326. The van der Waals surface area contributed by atoms with Gasteiger partial charge in [-0.25, -0.2) is 0 Å². The molecule has 9 heteroatoms. The van der Waals surface area contributed by atoms with Crippen LogP contribution in [0.3, 0.4) is 0 Å². The number of carbonyl (C=O) groups is 2. The summed E-state index contributed by atoms with van der Waals surface area (Å²) in [7, 11) is -0.168. The van der Waals surface area contributed by atoms with Crippen LogP contribution in [0.5, 0.6) is 0 Å². The number of amides is 1. The Hall–Kier alpha value is -1.19. The molecule has 2 unspecified atom stereocenters. The van der Waals surface area contributed by atoms with Gasteiger partial charge in [-0.3, -0.25) is 14.1 Å². The first-order valence-corrected chi connectivity index (χ1v) is 8.74. The van der Waals surface area contributed by atoms with E-state index in [1.165, 1.54) is 6.92 Å². The number of rotatable bonds is 10. The molecule has 0 aliphatic rings. The molecule has 0 saturated carbocycles. The van der Waals surface area contributed by atoms with Crippen molar-refractivity contribution in [1.29, 1.82) is 0 Å². The fourth-order valence-electron chi connectivity index (χ4n) is 1.87. The van der Waals surface area contributed by atoms with Crippen molar-refractivity contribution in [2.45, 2.75) is 20.3 Å². The fraction of sp³-hybridized carbons (Fsp3) is 0.846. The molecular formula is C13H27N2O6S+. The number of carbonyl (C=O) groups excluding carboxylic acids is 1. The maximum atomic E-state index is 11.8. The van der Waals surface area contributed by atoms with Crippen LogP contribution in [0, 0.1) is 11.8 Å². The van der Waals surface area contributed by atoms with Gasteiger partial charge in [-0.2, -0.15) is 8.42 Å². The summed E-state index contributed by atoms with van der Waals surface area (Å²) in [5.74, 6) is -2.98. The summed E-state index contributed by atoms with van der Waals surface area (Å²) >= 11 is 0. The summed E-state index contributed by atoms with van der Waals surface area (Å²) in [6, 6.07) is 0. The number of likely N-dealkylation sites (N-methyl/N-ethyl adjacent to an activating group) is 1. The number of quaternary nitrogens is 1. The van der Waals surface area contributed by atoms with E-state index in [1.807, 2.05) is 14.1 Å². The number of nitrogens with one attached hydrogen (secondary N) is 1. The average Bonchev–Trinajstić information content (AvgIpc) is 2.34. The Morgan fingerprint density at radius 2 is 1.68 bits per heavy atom. The minimum Gasteiger partial charge on any atom is -0.481 e. The van der Waals surface area contributed by atoms with Crippen LogP contribution < -0.4 is 5.32 Å². The highest BCUT2D eigenvalue weighted by Gasteiger charge is 2.26. The number of carboxylic acid groups (broad SMARTS) is 1. The van der Waals surface area contributed by atoms with Crippen LogP contribution in [-0.2, 0) is 19.7 Å². The van der Waals surface area contributed by atoms with Crippen molar-refractivity contribution in [3.8, 4) is 0 Å². The minimum atomic E-state index is -3.94. The van der Waals surface area contributed by atoms with Crippen molar-refractivity contribution in [3.63, 3.8) is 0 Å². The molecule has 0 saturated heterocycles. The molecule has 0 aliphatic heterocycles. The maximum Gasteiger partial charge on any atom is 0.307 e. The highest BCUT2D eigenvalue weighted by atomic mass is 32.2. The lowest BCUT2D eigenvalue weighted by atomic mass is 9.95. The molecule has 0 aliphatic carbocycles. The third kappa shape index (κ3) is 8.96. The predicted octanol–water partition coefficient (Wildman–Crippen LogP) is -0.186. The van der Waals surface area contributed by atoms with E-state index in [0.717, 1.165) is 0 Å². The van der Waals surface area contributed by atoms with E-state index >= 15 is 0 Å². The third-order valence-electron chi connectivity index (χ3n) is 3.74. The van der Waals surface area contributed by atoms with Crippen molar-refractivity contribution in [3.05, 3.63) is 0 Å². The molecule has 1 amide bonds. The van der Waals surface area contributed by atoms with Gasteiger partial charge in [-0.1, -0.05) is 13.8 Å². The van der Waals surface area contributed by atoms with Crippen LogP contribution >= 0.6 is 0 Å². The van der Waals surface area contributed by atoms with Crippen LogP contribution in [0.2, 0.25) is 0 Å². The molecule has 0 aromatic rings. The van der Waals surface area contributed by atoms with Crippen LogP contribution in [0.25, 0.3) is 0 Å². The first kappa shape index (κ1) is 20.8. The molecule has 0 aromatic carbocycles. The highest BCUT2D eigenvalue weighted by Crippen LogP contribution is 2.11. The molecule has 8 nitrogen and oxygen atoms in total. The van der Waals surface area contributed by atoms with Gasteiger partial charge in [-0.05, 0) is 0 Å². The summed E-state index contributed by atoms with van der Waals surface area (Å²) in [6.45, 7) is 4.54. The van der Waals surface area contributed by atoms with Crippen LogP contribution in [-0.4, -0.2) is 73.9 Å². The van der Waals surface area contributed by atoms with Gasteiger partial charge in [0.2, 0.25) is 5.91 Å². The van der Waals surface area contributed by atoms with E-state index in [1.54, 1.807) is 6.92 Å². The Morgan fingerprint density at radius 1 is 1.14 bits per heavy atom. The van der Waals surface area contributed by atoms with E-state index < -0.39 is 27.9 Å². The molecule has 3 N–H and O–H groups in total. The smallest absolute Gasteiger partial charge is 0.307 e. The zero-order chi connectivity index (χ0) is 17.6. The number of hydrogen-bond acceptors (Lipinski definition) is 4. The lowest BCUT2D eigenvalue weighted by Gasteiger charge is -2.30. The highest BCUT2D eigenvalue weighted by molar-refractivity contribution is 7.85. The van der Waals surface area contributed by atoms with Gasteiger partial charge in [0.1, 0.15) is 0 Å². The molecule has 0 aromatic heterocycles. The van der Waals surface area contributed by atoms with Crippen molar-refractivity contribution in [2.75, 3.05) is 39.5 Å². The zero-order valence-corrected chi connectivity index (χ0v) is 14.4. The molecule has 0 radical (unpaired) electrons. The predicted molar refractivity (Wildman–Crippen MR) is 81.8 cm³/mol.